The lowest BCUT2D eigenvalue weighted by molar-refractivity contribution is -0.142. The number of carboxylic acids is 1. The molecule has 2 atom stereocenters. The summed E-state index contributed by atoms with van der Waals surface area (Å²) in [6.45, 7) is 3.05. The van der Waals surface area contributed by atoms with Gasteiger partial charge in [-0.1, -0.05) is 0 Å². The van der Waals surface area contributed by atoms with Gasteiger partial charge in [0.2, 0.25) is 0 Å². The number of aliphatic carboxylic acids is 1. The normalized spacial score (nSPS) is 31.2. The molecule has 19 heavy (non-hydrogen) atoms. The van der Waals surface area contributed by atoms with Crippen LogP contribution in [0, 0.1) is 0 Å². The van der Waals surface area contributed by atoms with E-state index < -0.39 is 22.2 Å². The maximum absolute atomic E-state index is 12.6. The molecule has 0 aromatic carbocycles. The topological polar surface area (TPSA) is 87.2 Å². The second kappa shape index (κ2) is 5.74. The van der Waals surface area contributed by atoms with Gasteiger partial charge in [-0.15, -0.1) is 0 Å². The Labute approximate surface area is 113 Å². The Balaban J connectivity index is 2.23. The van der Waals surface area contributed by atoms with Crippen LogP contribution < -0.4 is 0 Å². The van der Waals surface area contributed by atoms with Gasteiger partial charge < -0.3 is 9.84 Å². The Morgan fingerprint density at radius 1 is 1.26 bits per heavy atom. The van der Waals surface area contributed by atoms with E-state index in [9.17, 15) is 18.3 Å². The molecule has 2 aliphatic rings. The van der Waals surface area contributed by atoms with Gasteiger partial charge in [0, 0.05) is 19.1 Å². The third-order valence-electron chi connectivity index (χ3n) is 3.64. The van der Waals surface area contributed by atoms with Gasteiger partial charge in [0.25, 0.3) is 10.2 Å². The third kappa shape index (κ3) is 2.91. The van der Waals surface area contributed by atoms with Crippen LogP contribution in [0.4, 0.5) is 0 Å². The van der Waals surface area contributed by atoms with Crippen molar-refractivity contribution in [2.24, 2.45) is 0 Å². The summed E-state index contributed by atoms with van der Waals surface area (Å²) in [5.74, 6) is -1.07. The van der Waals surface area contributed by atoms with Crippen LogP contribution in [0.1, 0.15) is 26.2 Å². The average molecular weight is 292 g/mol. The molecule has 2 rings (SSSR count). The first-order chi connectivity index (χ1) is 8.94. The van der Waals surface area contributed by atoms with Crippen LogP contribution in [-0.4, -0.2) is 66.5 Å². The minimum Gasteiger partial charge on any atom is -0.480 e. The van der Waals surface area contributed by atoms with E-state index in [0.29, 0.717) is 26.1 Å². The molecule has 0 aromatic heterocycles. The lowest BCUT2D eigenvalue weighted by Gasteiger charge is -2.39. The summed E-state index contributed by atoms with van der Waals surface area (Å²) in [4.78, 5) is 11.2. The molecule has 2 unspecified atom stereocenters. The van der Waals surface area contributed by atoms with Crippen molar-refractivity contribution in [3.8, 4) is 0 Å². The predicted molar refractivity (Wildman–Crippen MR) is 67.9 cm³/mol. The molecule has 110 valence electrons. The fourth-order valence-corrected chi connectivity index (χ4v) is 4.58. The molecular formula is C11H20N2O5S. The summed E-state index contributed by atoms with van der Waals surface area (Å²) in [6.07, 6.45) is 1.84. The van der Waals surface area contributed by atoms with Gasteiger partial charge in [-0.25, -0.2) is 0 Å². The van der Waals surface area contributed by atoms with E-state index in [0.717, 1.165) is 10.7 Å². The molecule has 7 nitrogen and oxygen atoms in total. The predicted octanol–water partition coefficient (Wildman–Crippen LogP) is -0.109. The zero-order chi connectivity index (χ0) is 14.0. The van der Waals surface area contributed by atoms with Crippen molar-refractivity contribution in [1.29, 1.82) is 0 Å². The van der Waals surface area contributed by atoms with Gasteiger partial charge in [-0.05, 0) is 26.2 Å². The number of nitrogens with zero attached hydrogens (tertiary/aromatic N) is 2. The van der Waals surface area contributed by atoms with Crippen LogP contribution in [0.15, 0.2) is 0 Å². The Kier molecular flexibility index (Phi) is 4.44. The standard InChI is InChI=1S/C11H20N2O5S/c1-9-8-18-7-6-12(9)19(16,17)13-5-3-2-4-10(13)11(14)15/h9-10H,2-8H2,1H3,(H,14,15). The molecular weight excluding hydrogens is 272 g/mol. The van der Waals surface area contributed by atoms with Crippen molar-refractivity contribution in [2.75, 3.05) is 26.3 Å². The lowest BCUT2D eigenvalue weighted by Crippen LogP contribution is -2.57. The van der Waals surface area contributed by atoms with Crippen LogP contribution in [-0.2, 0) is 19.7 Å². The van der Waals surface area contributed by atoms with Gasteiger partial charge in [-0.2, -0.15) is 17.0 Å². The number of morpholine rings is 1. The minimum absolute atomic E-state index is 0.255. The minimum atomic E-state index is -3.72. The number of rotatable bonds is 3. The number of carbonyl (C=O) groups is 1. The monoisotopic (exact) mass is 292 g/mol. The summed E-state index contributed by atoms with van der Waals surface area (Å²) < 4.78 is 32.9. The van der Waals surface area contributed by atoms with Crippen LogP contribution in [0.5, 0.6) is 0 Å². The highest BCUT2D eigenvalue weighted by atomic mass is 32.2. The third-order valence-corrected chi connectivity index (χ3v) is 5.80. The first kappa shape index (κ1) is 14.7. The molecule has 2 fully saturated rings. The molecule has 0 bridgehead atoms. The van der Waals surface area contributed by atoms with Crippen molar-refractivity contribution < 1.29 is 23.1 Å². The van der Waals surface area contributed by atoms with E-state index in [-0.39, 0.29) is 19.1 Å². The van der Waals surface area contributed by atoms with Crippen LogP contribution in [0.25, 0.3) is 0 Å². The summed E-state index contributed by atoms with van der Waals surface area (Å²) in [5.41, 5.74) is 0. The SMILES string of the molecule is CC1COCCN1S(=O)(=O)N1CCCCC1C(=O)O. The second-order valence-corrected chi connectivity index (χ2v) is 6.84. The number of hydrogen-bond acceptors (Lipinski definition) is 4. The first-order valence-electron chi connectivity index (χ1n) is 6.53. The second-order valence-electron chi connectivity index (χ2n) is 5.00. The number of hydrogen-bond donors (Lipinski definition) is 1. The van der Waals surface area contributed by atoms with Crippen molar-refractivity contribution in [2.45, 2.75) is 38.3 Å². The van der Waals surface area contributed by atoms with E-state index >= 15 is 0 Å². The van der Waals surface area contributed by atoms with Crippen LogP contribution in [0.3, 0.4) is 0 Å². The summed E-state index contributed by atoms with van der Waals surface area (Å²) >= 11 is 0. The van der Waals surface area contributed by atoms with Gasteiger partial charge in [0.05, 0.1) is 13.2 Å². The van der Waals surface area contributed by atoms with Gasteiger partial charge in [0.1, 0.15) is 6.04 Å². The van der Waals surface area contributed by atoms with Gasteiger partial charge in [-0.3, -0.25) is 4.79 Å². The average Bonchev–Trinajstić information content (AvgIpc) is 2.39. The fraction of sp³-hybridized carbons (Fsp3) is 0.909. The van der Waals surface area contributed by atoms with Crippen molar-refractivity contribution in [1.82, 2.24) is 8.61 Å². The molecule has 2 aliphatic heterocycles. The van der Waals surface area contributed by atoms with Crippen LogP contribution >= 0.6 is 0 Å². The highest BCUT2D eigenvalue weighted by Crippen LogP contribution is 2.25. The van der Waals surface area contributed by atoms with Crippen molar-refractivity contribution in [3.05, 3.63) is 0 Å². The smallest absolute Gasteiger partial charge is 0.322 e. The maximum Gasteiger partial charge on any atom is 0.322 e. The number of carboxylic acid groups (broad SMARTS) is 1. The van der Waals surface area contributed by atoms with E-state index in [1.54, 1.807) is 6.92 Å². The molecule has 0 radical (unpaired) electrons. The molecule has 8 heteroatoms. The number of piperidine rings is 1. The summed E-state index contributed by atoms with van der Waals surface area (Å²) in [7, 11) is -3.72. The molecule has 2 heterocycles. The van der Waals surface area contributed by atoms with Crippen LogP contribution in [0.2, 0.25) is 0 Å². The Morgan fingerprint density at radius 2 is 2.00 bits per heavy atom. The molecule has 0 amide bonds. The quantitative estimate of drug-likeness (QED) is 0.784. The van der Waals surface area contributed by atoms with E-state index in [4.69, 9.17) is 4.74 Å². The molecule has 1 N–H and O–H groups in total. The fourth-order valence-electron chi connectivity index (χ4n) is 2.62. The number of ether oxygens (including phenoxy) is 1. The molecule has 0 spiro atoms. The Hall–Kier alpha value is -0.700. The summed E-state index contributed by atoms with van der Waals surface area (Å²) in [6, 6.07) is -1.19. The zero-order valence-corrected chi connectivity index (χ0v) is 11.8. The van der Waals surface area contributed by atoms with Gasteiger partial charge >= 0.3 is 5.97 Å². The lowest BCUT2D eigenvalue weighted by atomic mass is 10.1. The van der Waals surface area contributed by atoms with Crippen molar-refractivity contribution >= 4 is 16.2 Å². The highest BCUT2D eigenvalue weighted by Gasteiger charge is 2.42. The molecule has 0 saturated carbocycles. The van der Waals surface area contributed by atoms with Gasteiger partial charge in [0.15, 0.2) is 0 Å². The van der Waals surface area contributed by atoms with E-state index in [2.05, 4.69) is 0 Å². The molecule has 0 aliphatic carbocycles. The Morgan fingerprint density at radius 3 is 2.63 bits per heavy atom. The van der Waals surface area contributed by atoms with E-state index in [1.807, 2.05) is 0 Å². The highest BCUT2D eigenvalue weighted by molar-refractivity contribution is 7.86. The largest absolute Gasteiger partial charge is 0.480 e. The zero-order valence-electron chi connectivity index (χ0n) is 11.0. The maximum atomic E-state index is 12.6. The summed E-state index contributed by atoms with van der Waals surface area (Å²) in [5, 5.41) is 9.19. The molecule has 0 aromatic rings. The Bertz CT molecular complexity index is 438. The molecule has 2 saturated heterocycles. The first-order valence-corrected chi connectivity index (χ1v) is 7.93. The van der Waals surface area contributed by atoms with E-state index in [1.165, 1.54) is 4.31 Å². The van der Waals surface area contributed by atoms with Crippen molar-refractivity contribution in [3.63, 3.8) is 0 Å².